The number of nitrogens with one attached hydrogen (secondary N) is 1. The lowest BCUT2D eigenvalue weighted by atomic mass is 10.1. The van der Waals surface area contributed by atoms with E-state index in [0.717, 1.165) is 31.4 Å². The Bertz CT molecular complexity index is 952. The van der Waals surface area contributed by atoms with E-state index in [1.807, 2.05) is 30.3 Å². The smallest absolute Gasteiger partial charge is 0.350 e. The molecule has 2 aromatic rings. The Balaban J connectivity index is 2.07. The molecule has 1 N–H and O–H groups in total. The fourth-order valence-corrected chi connectivity index (χ4v) is 4.23. The second-order valence-corrected chi connectivity index (χ2v) is 9.04. The van der Waals surface area contributed by atoms with Crippen LogP contribution in [0.4, 0.5) is 5.69 Å². The van der Waals surface area contributed by atoms with Crippen LogP contribution in [0, 0.1) is 0 Å². The minimum absolute atomic E-state index is 0.0576. The lowest BCUT2D eigenvalue weighted by molar-refractivity contribution is -0.138. The van der Waals surface area contributed by atoms with Gasteiger partial charge in [0.2, 0.25) is 9.84 Å². The first-order valence-electron chi connectivity index (χ1n) is 10.7. The SMILES string of the molecule is CCCCCCCCOC(=O)C(=CC=CNc1ccccc1)S(=O)(=O)c1ccccc1. The number of esters is 1. The fraction of sp³-hybridized carbons (Fsp3) is 0.320. The Morgan fingerprint density at radius 1 is 0.903 bits per heavy atom. The summed E-state index contributed by atoms with van der Waals surface area (Å²) in [5.41, 5.74) is 0.852. The monoisotopic (exact) mass is 441 g/mol. The predicted molar refractivity (Wildman–Crippen MR) is 125 cm³/mol. The highest BCUT2D eigenvalue weighted by molar-refractivity contribution is 7.96. The van der Waals surface area contributed by atoms with Gasteiger partial charge in [-0.3, -0.25) is 0 Å². The zero-order valence-electron chi connectivity index (χ0n) is 18.0. The van der Waals surface area contributed by atoms with Crippen molar-refractivity contribution in [3.05, 3.63) is 83.9 Å². The van der Waals surface area contributed by atoms with Gasteiger partial charge in [0.05, 0.1) is 11.5 Å². The molecule has 31 heavy (non-hydrogen) atoms. The summed E-state index contributed by atoms with van der Waals surface area (Å²) >= 11 is 0. The van der Waals surface area contributed by atoms with E-state index in [1.54, 1.807) is 24.4 Å². The average molecular weight is 442 g/mol. The zero-order valence-corrected chi connectivity index (χ0v) is 18.8. The number of sulfone groups is 1. The molecule has 0 aliphatic carbocycles. The quantitative estimate of drug-likeness (QED) is 0.182. The second kappa shape index (κ2) is 13.4. The van der Waals surface area contributed by atoms with E-state index in [9.17, 15) is 13.2 Å². The Morgan fingerprint density at radius 3 is 2.19 bits per heavy atom. The molecule has 0 amide bonds. The molecule has 0 saturated heterocycles. The van der Waals surface area contributed by atoms with Crippen molar-refractivity contribution in [2.45, 2.75) is 50.3 Å². The molecule has 0 heterocycles. The van der Waals surface area contributed by atoms with Gasteiger partial charge in [0.15, 0.2) is 4.91 Å². The molecule has 0 fully saturated rings. The van der Waals surface area contributed by atoms with Crippen molar-refractivity contribution in [2.75, 3.05) is 11.9 Å². The zero-order chi connectivity index (χ0) is 22.4. The van der Waals surface area contributed by atoms with Crippen molar-refractivity contribution in [3.63, 3.8) is 0 Å². The van der Waals surface area contributed by atoms with Gasteiger partial charge in [-0.1, -0.05) is 75.4 Å². The van der Waals surface area contributed by atoms with E-state index < -0.39 is 15.8 Å². The van der Waals surface area contributed by atoms with E-state index in [2.05, 4.69) is 12.2 Å². The van der Waals surface area contributed by atoms with Crippen LogP contribution in [0.3, 0.4) is 0 Å². The van der Waals surface area contributed by atoms with Gasteiger partial charge in [-0.15, -0.1) is 0 Å². The summed E-state index contributed by atoms with van der Waals surface area (Å²) < 4.78 is 31.3. The van der Waals surface area contributed by atoms with Crippen LogP contribution in [0.5, 0.6) is 0 Å². The van der Waals surface area contributed by atoms with Crippen LogP contribution >= 0.6 is 0 Å². The van der Waals surface area contributed by atoms with Gasteiger partial charge in [-0.25, -0.2) is 13.2 Å². The van der Waals surface area contributed by atoms with Gasteiger partial charge in [0.1, 0.15) is 0 Å². The number of rotatable bonds is 13. The number of carbonyl (C=O) groups is 1. The standard InChI is InChI=1S/C25H31NO4S/c1-2-3-4-5-6-13-21-30-25(27)24(31(28,29)23-17-11-8-12-18-23)19-14-20-26-22-15-9-7-10-16-22/h7-12,14-20,26H,2-6,13,21H2,1H3. The molecule has 2 rings (SSSR count). The number of benzene rings is 2. The van der Waals surface area contributed by atoms with E-state index >= 15 is 0 Å². The van der Waals surface area contributed by atoms with Crippen molar-refractivity contribution < 1.29 is 17.9 Å². The highest BCUT2D eigenvalue weighted by Gasteiger charge is 2.27. The number of hydrogen-bond acceptors (Lipinski definition) is 5. The van der Waals surface area contributed by atoms with Crippen molar-refractivity contribution in [2.24, 2.45) is 0 Å². The molecule has 0 spiro atoms. The molecule has 0 radical (unpaired) electrons. The van der Waals surface area contributed by atoms with E-state index in [1.165, 1.54) is 37.1 Å². The van der Waals surface area contributed by atoms with E-state index in [0.29, 0.717) is 0 Å². The van der Waals surface area contributed by atoms with E-state index in [4.69, 9.17) is 4.74 Å². The van der Waals surface area contributed by atoms with Crippen LogP contribution in [0.2, 0.25) is 0 Å². The summed E-state index contributed by atoms with van der Waals surface area (Å²) in [6, 6.07) is 17.3. The average Bonchev–Trinajstić information content (AvgIpc) is 2.79. The maximum Gasteiger partial charge on any atom is 0.350 e. The summed E-state index contributed by atoms with van der Waals surface area (Å²) in [6.45, 7) is 2.37. The van der Waals surface area contributed by atoms with Crippen molar-refractivity contribution in [1.82, 2.24) is 0 Å². The minimum Gasteiger partial charge on any atom is -0.462 e. The third kappa shape index (κ3) is 8.42. The highest BCUT2D eigenvalue weighted by Crippen LogP contribution is 2.21. The largest absolute Gasteiger partial charge is 0.462 e. The molecule has 0 aromatic heterocycles. The topological polar surface area (TPSA) is 72.5 Å². The molecular weight excluding hydrogens is 410 g/mol. The molecule has 6 heteroatoms. The Hall–Kier alpha value is -2.86. The molecule has 5 nitrogen and oxygen atoms in total. The Morgan fingerprint density at radius 2 is 1.52 bits per heavy atom. The second-order valence-electron chi connectivity index (χ2n) is 7.12. The number of para-hydroxylation sites is 1. The highest BCUT2D eigenvalue weighted by atomic mass is 32.2. The number of allylic oxidation sites excluding steroid dienone is 2. The van der Waals surface area contributed by atoms with Gasteiger partial charge in [-0.05, 0) is 42.8 Å². The third-order valence-electron chi connectivity index (χ3n) is 4.64. The number of unbranched alkanes of at least 4 members (excludes halogenated alkanes) is 5. The maximum absolute atomic E-state index is 13.0. The number of carbonyl (C=O) groups excluding carboxylic acids is 1. The van der Waals surface area contributed by atoms with Crippen LogP contribution in [0.1, 0.15) is 45.4 Å². The summed E-state index contributed by atoms with van der Waals surface area (Å²) in [5.74, 6) is -0.832. The number of ether oxygens (including phenoxy) is 1. The normalized spacial score (nSPS) is 12.1. The Kier molecular flexibility index (Phi) is 10.6. The molecular formula is C25H31NO4S. The van der Waals surface area contributed by atoms with Crippen molar-refractivity contribution in [3.8, 4) is 0 Å². The van der Waals surface area contributed by atoms with Gasteiger partial charge < -0.3 is 10.1 Å². The first-order valence-corrected chi connectivity index (χ1v) is 12.2. The van der Waals surface area contributed by atoms with Crippen molar-refractivity contribution in [1.29, 1.82) is 0 Å². The molecule has 0 unspecified atom stereocenters. The first-order chi connectivity index (χ1) is 15.1. The lowest BCUT2D eigenvalue weighted by Crippen LogP contribution is -2.17. The summed E-state index contributed by atoms with van der Waals surface area (Å²) in [4.78, 5) is 12.3. The summed E-state index contributed by atoms with van der Waals surface area (Å²) in [6.07, 6.45) is 10.7. The molecule has 0 aliphatic rings. The van der Waals surface area contributed by atoms with Crippen LogP contribution in [-0.2, 0) is 19.4 Å². The fourth-order valence-electron chi connectivity index (χ4n) is 2.93. The van der Waals surface area contributed by atoms with Gasteiger partial charge in [-0.2, -0.15) is 0 Å². The van der Waals surface area contributed by atoms with Gasteiger partial charge in [0, 0.05) is 11.9 Å². The predicted octanol–water partition coefficient (Wildman–Crippen LogP) is 5.87. The molecule has 0 aliphatic heterocycles. The first kappa shape index (κ1) is 24.4. The maximum atomic E-state index is 13.0. The van der Waals surface area contributed by atoms with Crippen LogP contribution in [0.15, 0.2) is 88.8 Å². The number of anilines is 1. The van der Waals surface area contributed by atoms with Crippen LogP contribution in [0.25, 0.3) is 0 Å². The molecule has 0 atom stereocenters. The molecule has 166 valence electrons. The summed E-state index contributed by atoms with van der Waals surface area (Å²) in [7, 11) is -3.99. The van der Waals surface area contributed by atoms with Crippen LogP contribution in [-0.4, -0.2) is 21.0 Å². The van der Waals surface area contributed by atoms with Gasteiger partial charge in [0.25, 0.3) is 0 Å². The van der Waals surface area contributed by atoms with Gasteiger partial charge >= 0.3 is 5.97 Å². The summed E-state index contributed by atoms with van der Waals surface area (Å²) in [5, 5.41) is 3.03. The Labute approximate surface area is 185 Å². The van der Waals surface area contributed by atoms with E-state index in [-0.39, 0.29) is 16.4 Å². The lowest BCUT2D eigenvalue weighted by Gasteiger charge is -2.09. The van der Waals surface area contributed by atoms with Crippen LogP contribution < -0.4 is 5.32 Å². The molecule has 2 aromatic carbocycles. The third-order valence-corrected chi connectivity index (χ3v) is 6.42. The molecule has 0 saturated carbocycles. The number of hydrogen-bond donors (Lipinski definition) is 1. The molecule has 0 bridgehead atoms. The van der Waals surface area contributed by atoms with Crippen molar-refractivity contribution >= 4 is 21.5 Å². The minimum atomic E-state index is -3.99.